The summed E-state index contributed by atoms with van der Waals surface area (Å²) >= 11 is 0. The van der Waals surface area contributed by atoms with Crippen LogP contribution in [0.15, 0.2) is 36.5 Å². The van der Waals surface area contributed by atoms with Gasteiger partial charge in [0.15, 0.2) is 0 Å². The van der Waals surface area contributed by atoms with E-state index in [2.05, 4.69) is 15.0 Å². The fourth-order valence-corrected chi connectivity index (χ4v) is 1.88. The lowest BCUT2D eigenvalue weighted by atomic mass is 10.2. The number of ether oxygens (including phenoxy) is 2. The molecule has 0 saturated carbocycles. The van der Waals surface area contributed by atoms with Gasteiger partial charge in [-0.2, -0.15) is 0 Å². The number of nitrogen functional groups attached to an aromatic ring is 1. The molecule has 6 heteroatoms. The molecule has 0 amide bonds. The number of carbonyl (C=O) groups excluding carboxylic acids is 1. The highest BCUT2D eigenvalue weighted by molar-refractivity contribution is 5.95. The molecule has 0 radical (unpaired) electrons. The van der Waals surface area contributed by atoms with E-state index in [4.69, 9.17) is 10.5 Å². The average molecular weight is 287 g/mol. The van der Waals surface area contributed by atoms with Crippen molar-refractivity contribution < 1.29 is 14.3 Å². The van der Waals surface area contributed by atoms with Crippen molar-refractivity contribution in [2.75, 3.05) is 25.3 Å². The van der Waals surface area contributed by atoms with Crippen molar-refractivity contribution in [3.63, 3.8) is 0 Å². The normalized spacial score (nSPS) is 10.0. The first kappa shape index (κ1) is 14.6. The molecule has 0 atom stereocenters. The van der Waals surface area contributed by atoms with E-state index in [-0.39, 0.29) is 11.3 Å². The van der Waals surface area contributed by atoms with Crippen LogP contribution in [-0.4, -0.2) is 25.2 Å². The van der Waals surface area contributed by atoms with Crippen molar-refractivity contribution in [2.24, 2.45) is 0 Å². The first-order valence-electron chi connectivity index (χ1n) is 6.35. The third-order valence-corrected chi connectivity index (χ3v) is 2.99. The summed E-state index contributed by atoms with van der Waals surface area (Å²) in [5.74, 6) is 0.833. The van der Waals surface area contributed by atoms with Crippen LogP contribution in [0.3, 0.4) is 0 Å². The Morgan fingerprint density at radius 1 is 1.33 bits per heavy atom. The quantitative estimate of drug-likeness (QED) is 0.819. The van der Waals surface area contributed by atoms with Crippen LogP contribution < -0.4 is 15.8 Å². The molecule has 6 nitrogen and oxygen atoms in total. The Kier molecular flexibility index (Phi) is 4.61. The van der Waals surface area contributed by atoms with Gasteiger partial charge in [0.05, 0.1) is 31.7 Å². The molecular formula is C15H17N3O3. The molecule has 0 bridgehead atoms. The molecule has 0 saturated heterocycles. The lowest BCUT2D eigenvalue weighted by Gasteiger charge is -2.11. The summed E-state index contributed by atoms with van der Waals surface area (Å²) in [4.78, 5) is 15.7. The zero-order valence-electron chi connectivity index (χ0n) is 11.9. The van der Waals surface area contributed by atoms with Gasteiger partial charge in [-0.25, -0.2) is 9.78 Å². The molecule has 21 heavy (non-hydrogen) atoms. The summed E-state index contributed by atoms with van der Waals surface area (Å²) in [6.45, 7) is 0.515. The Morgan fingerprint density at radius 3 is 2.81 bits per heavy atom. The Morgan fingerprint density at radius 2 is 2.10 bits per heavy atom. The topological polar surface area (TPSA) is 86.5 Å². The van der Waals surface area contributed by atoms with Crippen LogP contribution in [0.25, 0.3) is 0 Å². The summed E-state index contributed by atoms with van der Waals surface area (Å²) in [5, 5.41) is 3.13. The monoisotopic (exact) mass is 287 g/mol. The van der Waals surface area contributed by atoms with Crippen LogP contribution in [0.2, 0.25) is 0 Å². The van der Waals surface area contributed by atoms with E-state index in [1.165, 1.54) is 13.3 Å². The SMILES string of the molecule is COC(=O)c1cc(NCc2ccccc2OC)ncc1N. The van der Waals surface area contributed by atoms with Gasteiger partial charge in [-0.1, -0.05) is 18.2 Å². The fourth-order valence-electron chi connectivity index (χ4n) is 1.88. The van der Waals surface area contributed by atoms with E-state index in [1.807, 2.05) is 24.3 Å². The number of para-hydroxylation sites is 1. The van der Waals surface area contributed by atoms with Crippen molar-refractivity contribution in [2.45, 2.75) is 6.54 Å². The summed E-state index contributed by atoms with van der Waals surface area (Å²) < 4.78 is 9.95. The smallest absolute Gasteiger partial charge is 0.340 e. The van der Waals surface area contributed by atoms with E-state index in [0.29, 0.717) is 12.4 Å². The van der Waals surface area contributed by atoms with Gasteiger partial charge in [0.2, 0.25) is 0 Å². The number of benzene rings is 1. The second kappa shape index (κ2) is 6.60. The van der Waals surface area contributed by atoms with Crippen LogP contribution in [0.1, 0.15) is 15.9 Å². The number of aromatic nitrogens is 1. The Bertz CT molecular complexity index is 644. The number of rotatable bonds is 5. The van der Waals surface area contributed by atoms with E-state index in [1.54, 1.807) is 13.2 Å². The highest BCUT2D eigenvalue weighted by Gasteiger charge is 2.11. The van der Waals surface area contributed by atoms with Gasteiger partial charge in [-0.05, 0) is 12.1 Å². The minimum absolute atomic E-state index is 0.282. The lowest BCUT2D eigenvalue weighted by molar-refractivity contribution is 0.0602. The van der Waals surface area contributed by atoms with Crippen LogP contribution in [0.5, 0.6) is 5.75 Å². The summed E-state index contributed by atoms with van der Waals surface area (Å²) in [7, 11) is 2.93. The predicted octanol–water partition coefficient (Wildman–Crippen LogP) is 2.07. The first-order valence-corrected chi connectivity index (χ1v) is 6.35. The molecule has 0 aliphatic heterocycles. The molecule has 2 rings (SSSR count). The minimum Gasteiger partial charge on any atom is -0.496 e. The molecule has 1 heterocycles. The van der Waals surface area contributed by atoms with Crippen LogP contribution >= 0.6 is 0 Å². The molecule has 0 unspecified atom stereocenters. The van der Waals surface area contributed by atoms with Crippen LogP contribution in [0.4, 0.5) is 11.5 Å². The first-order chi connectivity index (χ1) is 10.2. The Hall–Kier alpha value is -2.76. The number of hydrogen-bond donors (Lipinski definition) is 2. The predicted molar refractivity (Wildman–Crippen MR) is 80.3 cm³/mol. The number of nitrogens with zero attached hydrogens (tertiary/aromatic N) is 1. The lowest BCUT2D eigenvalue weighted by Crippen LogP contribution is -2.09. The molecule has 3 N–H and O–H groups in total. The standard InChI is InChI=1S/C15H17N3O3/c1-20-13-6-4-3-5-10(13)8-17-14-7-11(15(19)21-2)12(16)9-18-14/h3-7,9H,8,16H2,1-2H3,(H,17,18). The van der Waals surface area contributed by atoms with E-state index < -0.39 is 5.97 Å². The maximum atomic E-state index is 11.6. The van der Waals surface area contributed by atoms with Crippen LogP contribution in [-0.2, 0) is 11.3 Å². The number of pyridine rings is 1. The number of nitrogens with two attached hydrogens (primary N) is 1. The van der Waals surface area contributed by atoms with E-state index >= 15 is 0 Å². The maximum absolute atomic E-state index is 11.6. The molecule has 0 aliphatic rings. The third-order valence-electron chi connectivity index (χ3n) is 2.99. The van der Waals surface area contributed by atoms with Gasteiger partial charge in [0, 0.05) is 12.1 Å². The highest BCUT2D eigenvalue weighted by Crippen LogP contribution is 2.20. The van der Waals surface area contributed by atoms with Crippen molar-refractivity contribution in [1.29, 1.82) is 0 Å². The number of esters is 1. The van der Waals surface area contributed by atoms with E-state index in [9.17, 15) is 4.79 Å². The van der Waals surface area contributed by atoms with Gasteiger partial charge >= 0.3 is 5.97 Å². The highest BCUT2D eigenvalue weighted by atomic mass is 16.5. The van der Waals surface area contributed by atoms with Crippen molar-refractivity contribution in [3.8, 4) is 5.75 Å². The Labute approximate surface area is 122 Å². The second-order valence-corrected chi connectivity index (χ2v) is 4.31. The third kappa shape index (κ3) is 3.42. The molecular weight excluding hydrogens is 270 g/mol. The zero-order chi connectivity index (χ0) is 15.2. The summed E-state index contributed by atoms with van der Waals surface area (Å²) in [5.41, 5.74) is 7.26. The number of anilines is 2. The maximum Gasteiger partial charge on any atom is 0.340 e. The van der Waals surface area contributed by atoms with Crippen molar-refractivity contribution in [1.82, 2.24) is 4.98 Å². The van der Waals surface area contributed by atoms with Gasteiger partial charge < -0.3 is 20.5 Å². The zero-order valence-corrected chi connectivity index (χ0v) is 11.9. The fraction of sp³-hybridized carbons (Fsp3) is 0.200. The Balaban J connectivity index is 2.15. The molecule has 0 aliphatic carbocycles. The molecule has 1 aromatic heterocycles. The molecule has 0 spiro atoms. The summed E-state index contributed by atoms with van der Waals surface area (Å²) in [6.07, 6.45) is 1.43. The molecule has 2 aromatic rings. The number of hydrogen-bond acceptors (Lipinski definition) is 6. The molecule has 1 aromatic carbocycles. The van der Waals surface area contributed by atoms with Crippen molar-refractivity contribution >= 4 is 17.5 Å². The largest absolute Gasteiger partial charge is 0.496 e. The average Bonchev–Trinajstić information content (AvgIpc) is 2.53. The minimum atomic E-state index is -0.491. The molecule has 0 fully saturated rings. The van der Waals surface area contributed by atoms with Crippen LogP contribution in [0, 0.1) is 0 Å². The molecule has 110 valence electrons. The van der Waals surface area contributed by atoms with Gasteiger partial charge in [-0.3, -0.25) is 0 Å². The number of carbonyl (C=O) groups is 1. The number of methoxy groups -OCH3 is 2. The van der Waals surface area contributed by atoms with Gasteiger partial charge in [0.25, 0.3) is 0 Å². The van der Waals surface area contributed by atoms with Crippen molar-refractivity contribution in [3.05, 3.63) is 47.7 Å². The summed E-state index contributed by atoms with van der Waals surface area (Å²) in [6, 6.07) is 9.23. The number of nitrogens with one attached hydrogen (secondary N) is 1. The van der Waals surface area contributed by atoms with Gasteiger partial charge in [-0.15, -0.1) is 0 Å². The van der Waals surface area contributed by atoms with Gasteiger partial charge in [0.1, 0.15) is 11.6 Å². The second-order valence-electron chi connectivity index (χ2n) is 4.31. The van der Waals surface area contributed by atoms with E-state index in [0.717, 1.165) is 11.3 Å².